The minimum Gasteiger partial charge on any atom is -0.484 e. The Hall–Kier alpha value is -1.76. The second-order valence-electron chi connectivity index (χ2n) is 4.58. The first-order valence-corrected chi connectivity index (χ1v) is 6.70. The van der Waals surface area contributed by atoms with Crippen molar-refractivity contribution in [3.63, 3.8) is 0 Å². The maximum Gasteiger partial charge on any atom is 0.422 e. The fourth-order valence-corrected chi connectivity index (χ4v) is 1.63. The predicted octanol–water partition coefficient (Wildman–Crippen LogP) is 3.09. The maximum atomic E-state index is 12.0. The van der Waals surface area contributed by atoms with Gasteiger partial charge in [0, 0.05) is 12.1 Å². The van der Waals surface area contributed by atoms with Crippen molar-refractivity contribution in [2.75, 3.05) is 18.5 Å². The van der Waals surface area contributed by atoms with E-state index >= 15 is 0 Å². The number of carbonyl (C=O) groups is 1. The first-order chi connectivity index (χ1) is 9.90. The molecular formula is C14H19F3N2O2. The molecular weight excluding hydrogens is 285 g/mol. The summed E-state index contributed by atoms with van der Waals surface area (Å²) in [5.41, 5.74) is 5.88. The number of nitrogens with two attached hydrogens (primary N) is 1. The van der Waals surface area contributed by atoms with Crippen LogP contribution >= 0.6 is 0 Å². The molecule has 0 radical (unpaired) electrons. The van der Waals surface area contributed by atoms with E-state index in [0.717, 1.165) is 19.3 Å². The molecule has 0 unspecified atom stereocenters. The first kappa shape index (κ1) is 17.3. The summed E-state index contributed by atoms with van der Waals surface area (Å²) in [6.07, 6.45) is -1.43. The highest BCUT2D eigenvalue weighted by atomic mass is 19.4. The quantitative estimate of drug-likeness (QED) is 0.725. The lowest BCUT2D eigenvalue weighted by atomic mass is 10.2. The topological polar surface area (TPSA) is 64.4 Å². The molecule has 1 aromatic carbocycles. The number of anilines is 1. The van der Waals surface area contributed by atoms with Crippen LogP contribution in [0.15, 0.2) is 24.3 Å². The molecule has 0 aliphatic rings. The molecule has 4 nitrogen and oxygen atoms in total. The molecule has 7 heteroatoms. The van der Waals surface area contributed by atoms with Crippen LogP contribution < -0.4 is 15.8 Å². The minimum absolute atomic E-state index is 0.105. The zero-order valence-electron chi connectivity index (χ0n) is 11.6. The SMILES string of the molecule is NCCCCCC(=O)Nc1ccc(OCC(F)(F)F)cc1. The molecule has 0 saturated heterocycles. The molecule has 1 rings (SSSR count). The number of rotatable bonds is 8. The van der Waals surface area contributed by atoms with Gasteiger partial charge in [0.1, 0.15) is 5.75 Å². The van der Waals surface area contributed by atoms with E-state index in [4.69, 9.17) is 5.73 Å². The van der Waals surface area contributed by atoms with Crippen LogP contribution in [0.3, 0.4) is 0 Å². The highest BCUT2D eigenvalue weighted by molar-refractivity contribution is 5.90. The average molecular weight is 304 g/mol. The fourth-order valence-electron chi connectivity index (χ4n) is 1.63. The Labute approximate surface area is 121 Å². The summed E-state index contributed by atoms with van der Waals surface area (Å²) < 4.78 is 40.5. The van der Waals surface area contributed by atoms with Crippen LogP contribution in [0.1, 0.15) is 25.7 Å². The third-order valence-corrected chi connectivity index (χ3v) is 2.65. The van der Waals surface area contributed by atoms with E-state index in [9.17, 15) is 18.0 Å². The second-order valence-corrected chi connectivity index (χ2v) is 4.58. The smallest absolute Gasteiger partial charge is 0.422 e. The fraction of sp³-hybridized carbons (Fsp3) is 0.500. The summed E-state index contributed by atoms with van der Waals surface area (Å²) in [6, 6.07) is 5.78. The standard InChI is InChI=1S/C14H19F3N2O2/c15-14(16,17)10-21-12-7-5-11(6-8-12)19-13(20)4-2-1-3-9-18/h5-8H,1-4,9-10,18H2,(H,19,20). The van der Waals surface area contributed by atoms with E-state index < -0.39 is 12.8 Å². The van der Waals surface area contributed by atoms with Gasteiger partial charge >= 0.3 is 6.18 Å². The van der Waals surface area contributed by atoms with E-state index in [2.05, 4.69) is 10.1 Å². The third kappa shape index (κ3) is 8.19. The molecule has 21 heavy (non-hydrogen) atoms. The maximum absolute atomic E-state index is 12.0. The molecule has 0 aromatic heterocycles. The van der Waals surface area contributed by atoms with Gasteiger partial charge < -0.3 is 15.8 Å². The predicted molar refractivity (Wildman–Crippen MR) is 74.1 cm³/mol. The number of amides is 1. The van der Waals surface area contributed by atoms with Crippen LogP contribution in [0, 0.1) is 0 Å². The Balaban J connectivity index is 2.35. The van der Waals surface area contributed by atoms with Crippen LogP contribution in [0.2, 0.25) is 0 Å². The number of hydrogen-bond acceptors (Lipinski definition) is 3. The first-order valence-electron chi connectivity index (χ1n) is 6.70. The number of nitrogens with one attached hydrogen (secondary N) is 1. The van der Waals surface area contributed by atoms with Crippen LogP contribution in [0.25, 0.3) is 0 Å². The van der Waals surface area contributed by atoms with Gasteiger partial charge in [0.2, 0.25) is 5.91 Å². The van der Waals surface area contributed by atoms with Crippen molar-refractivity contribution >= 4 is 11.6 Å². The third-order valence-electron chi connectivity index (χ3n) is 2.65. The van der Waals surface area contributed by atoms with Gasteiger partial charge in [0.15, 0.2) is 6.61 Å². The van der Waals surface area contributed by atoms with Crippen molar-refractivity contribution in [1.82, 2.24) is 0 Å². The lowest BCUT2D eigenvalue weighted by Crippen LogP contribution is -2.19. The molecule has 0 bridgehead atoms. The monoisotopic (exact) mass is 304 g/mol. The largest absolute Gasteiger partial charge is 0.484 e. The molecule has 0 aliphatic carbocycles. The van der Waals surface area contributed by atoms with Gasteiger partial charge in [-0.05, 0) is 43.7 Å². The van der Waals surface area contributed by atoms with Crippen LogP contribution in [-0.4, -0.2) is 25.2 Å². The van der Waals surface area contributed by atoms with E-state index in [0.29, 0.717) is 18.7 Å². The second kappa shape index (κ2) is 8.51. The zero-order chi connectivity index (χ0) is 15.7. The number of halogens is 3. The van der Waals surface area contributed by atoms with E-state index in [1.165, 1.54) is 24.3 Å². The van der Waals surface area contributed by atoms with Crippen LogP contribution in [-0.2, 0) is 4.79 Å². The molecule has 3 N–H and O–H groups in total. The zero-order valence-corrected chi connectivity index (χ0v) is 11.6. The van der Waals surface area contributed by atoms with E-state index in [1.54, 1.807) is 0 Å². The number of ether oxygens (including phenoxy) is 1. The molecule has 118 valence electrons. The lowest BCUT2D eigenvalue weighted by molar-refractivity contribution is -0.153. The van der Waals surface area contributed by atoms with Crippen LogP contribution in [0.5, 0.6) is 5.75 Å². The summed E-state index contributed by atoms with van der Waals surface area (Å²) in [6.45, 7) is -0.721. The summed E-state index contributed by atoms with van der Waals surface area (Å²) >= 11 is 0. The van der Waals surface area contributed by atoms with Gasteiger partial charge in [-0.1, -0.05) is 6.42 Å². The normalized spacial score (nSPS) is 11.2. The summed E-state index contributed by atoms with van der Waals surface area (Å²) in [5, 5.41) is 2.67. The molecule has 0 saturated carbocycles. The van der Waals surface area contributed by atoms with Crippen molar-refractivity contribution in [1.29, 1.82) is 0 Å². The lowest BCUT2D eigenvalue weighted by Gasteiger charge is -2.10. The Morgan fingerprint density at radius 3 is 2.38 bits per heavy atom. The highest BCUT2D eigenvalue weighted by Crippen LogP contribution is 2.20. The summed E-state index contributed by atoms with van der Waals surface area (Å²) in [7, 11) is 0. The van der Waals surface area contributed by atoms with Gasteiger partial charge in [-0.15, -0.1) is 0 Å². The molecule has 1 amide bonds. The minimum atomic E-state index is -4.36. The molecule has 0 heterocycles. The van der Waals surface area contributed by atoms with Crippen molar-refractivity contribution in [2.45, 2.75) is 31.9 Å². The molecule has 0 spiro atoms. The molecule has 1 aromatic rings. The molecule has 0 aliphatic heterocycles. The Kier molecular flexibility index (Phi) is 7.01. The van der Waals surface area contributed by atoms with Crippen molar-refractivity contribution in [3.05, 3.63) is 24.3 Å². The van der Waals surface area contributed by atoms with Crippen molar-refractivity contribution in [3.8, 4) is 5.75 Å². The van der Waals surface area contributed by atoms with E-state index in [1.807, 2.05) is 0 Å². The van der Waals surface area contributed by atoms with Crippen molar-refractivity contribution in [2.24, 2.45) is 5.73 Å². The van der Waals surface area contributed by atoms with Crippen LogP contribution in [0.4, 0.5) is 18.9 Å². The summed E-state index contributed by atoms with van der Waals surface area (Å²) in [4.78, 5) is 11.6. The number of alkyl halides is 3. The Bertz CT molecular complexity index is 433. The number of benzene rings is 1. The Morgan fingerprint density at radius 1 is 1.14 bits per heavy atom. The van der Waals surface area contributed by atoms with Gasteiger partial charge in [0.25, 0.3) is 0 Å². The highest BCUT2D eigenvalue weighted by Gasteiger charge is 2.28. The number of hydrogen-bond donors (Lipinski definition) is 2. The average Bonchev–Trinajstić information content (AvgIpc) is 2.42. The molecule has 0 fully saturated rings. The van der Waals surface area contributed by atoms with Gasteiger partial charge in [-0.25, -0.2) is 0 Å². The Morgan fingerprint density at radius 2 is 1.81 bits per heavy atom. The number of unbranched alkanes of at least 4 members (excludes halogenated alkanes) is 2. The van der Waals surface area contributed by atoms with Gasteiger partial charge in [0.05, 0.1) is 0 Å². The van der Waals surface area contributed by atoms with Gasteiger partial charge in [-0.3, -0.25) is 4.79 Å². The van der Waals surface area contributed by atoms with E-state index in [-0.39, 0.29) is 11.7 Å². The van der Waals surface area contributed by atoms with Crippen molar-refractivity contribution < 1.29 is 22.7 Å². The summed E-state index contributed by atoms with van der Waals surface area (Å²) in [5.74, 6) is -0.0238. The molecule has 0 atom stereocenters. The number of carbonyl (C=O) groups excluding carboxylic acids is 1. The van der Waals surface area contributed by atoms with Gasteiger partial charge in [-0.2, -0.15) is 13.2 Å².